The van der Waals surface area contributed by atoms with Crippen molar-refractivity contribution in [2.24, 2.45) is 0 Å². The molecule has 0 fully saturated rings. The SMILES string of the molecule is Cc1c(C#N)sc(Cl)c1Cl. The molecule has 0 radical (unpaired) electrons. The van der Waals surface area contributed by atoms with Gasteiger partial charge in [0, 0.05) is 0 Å². The molecule has 0 aromatic carbocycles. The standard InChI is InChI=1S/C6H3Cl2NS/c1-3-4(2-9)10-6(8)5(3)7/h1H3. The maximum absolute atomic E-state index is 8.50. The highest BCUT2D eigenvalue weighted by molar-refractivity contribution is 7.17. The van der Waals surface area contributed by atoms with Gasteiger partial charge in [0.2, 0.25) is 0 Å². The molecule has 1 rings (SSSR count). The molecular weight excluding hydrogens is 189 g/mol. The van der Waals surface area contributed by atoms with E-state index in [4.69, 9.17) is 28.5 Å². The van der Waals surface area contributed by atoms with E-state index in [2.05, 4.69) is 0 Å². The molecule has 0 saturated heterocycles. The normalized spacial score (nSPS) is 9.40. The summed E-state index contributed by atoms with van der Waals surface area (Å²) in [6.07, 6.45) is 0. The Hall–Kier alpha value is -0.230. The van der Waals surface area contributed by atoms with E-state index in [1.807, 2.05) is 6.07 Å². The Bertz CT molecular complexity index is 297. The van der Waals surface area contributed by atoms with Crippen molar-refractivity contribution in [2.45, 2.75) is 6.92 Å². The van der Waals surface area contributed by atoms with Gasteiger partial charge in [0.25, 0.3) is 0 Å². The zero-order valence-electron chi connectivity index (χ0n) is 5.11. The topological polar surface area (TPSA) is 23.8 Å². The van der Waals surface area contributed by atoms with Crippen LogP contribution >= 0.6 is 34.5 Å². The van der Waals surface area contributed by atoms with Gasteiger partial charge in [0.15, 0.2) is 0 Å². The number of hydrogen-bond donors (Lipinski definition) is 0. The lowest BCUT2D eigenvalue weighted by Crippen LogP contribution is -1.68. The summed E-state index contributed by atoms with van der Waals surface area (Å²) in [4.78, 5) is 0.593. The molecular formula is C6H3Cl2NS. The van der Waals surface area contributed by atoms with Crippen LogP contribution < -0.4 is 0 Å². The highest BCUT2D eigenvalue weighted by Crippen LogP contribution is 2.35. The van der Waals surface area contributed by atoms with Crippen molar-refractivity contribution in [1.29, 1.82) is 5.26 Å². The predicted octanol–water partition coefficient (Wildman–Crippen LogP) is 3.24. The fourth-order valence-electron chi connectivity index (χ4n) is 0.565. The van der Waals surface area contributed by atoms with Crippen LogP contribution in [-0.4, -0.2) is 0 Å². The number of hydrogen-bond acceptors (Lipinski definition) is 2. The average molecular weight is 192 g/mol. The van der Waals surface area contributed by atoms with E-state index in [1.54, 1.807) is 6.92 Å². The minimum absolute atomic E-state index is 0.496. The van der Waals surface area contributed by atoms with Crippen LogP contribution in [0.15, 0.2) is 0 Å². The van der Waals surface area contributed by atoms with Gasteiger partial charge in [-0.15, -0.1) is 11.3 Å². The van der Waals surface area contributed by atoms with E-state index in [0.29, 0.717) is 14.2 Å². The summed E-state index contributed by atoms with van der Waals surface area (Å²) in [5.74, 6) is 0. The molecule has 1 aromatic rings. The highest BCUT2D eigenvalue weighted by atomic mass is 35.5. The molecule has 0 saturated carbocycles. The van der Waals surface area contributed by atoms with Gasteiger partial charge >= 0.3 is 0 Å². The maximum Gasteiger partial charge on any atom is 0.113 e. The number of rotatable bonds is 0. The van der Waals surface area contributed by atoms with Gasteiger partial charge in [0.05, 0.1) is 5.02 Å². The van der Waals surface area contributed by atoms with Gasteiger partial charge in [-0.25, -0.2) is 0 Å². The minimum atomic E-state index is 0.496. The first-order chi connectivity index (χ1) is 4.66. The second kappa shape index (κ2) is 2.79. The molecule has 1 nitrogen and oxygen atoms in total. The van der Waals surface area contributed by atoms with Crippen LogP contribution in [0.4, 0.5) is 0 Å². The molecule has 0 aliphatic rings. The van der Waals surface area contributed by atoms with Crippen molar-refractivity contribution in [3.63, 3.8) is 0 Å². The van der Waals surface area contributed by atoms with Gasteiger partial charge in [0.1, 0.15) is 15.3 Å². The molecule has 1 aromatic heterocycles. The van der Waals surface area contributed by atoms with Gasteiger partial charge in [-0.1, -0.05) is 23.2 Å². The van der Waals surface area contributed by atoms with Crippen LogP contribution in [0, 0.1) is 18.3 Å². The van der Waals surface area contributed by atoms with Crippen molar-refractivity contribution >= 4 is 34.5 Å². The van der Waals surface area contributed by atoms with Gasteiger partial charge < -0.3 is 0 Å². The molecule has 4 heteroatoms. The quantitative estimate of drug-likeness (QED) is 0.618. The van der Waals surface area contributed by atoms with Crippen LogP contribution in [0.5, 0.6) is 0 Å². The van der Waals surface area contributed by atoms with E-state index < -0.39 is 0 Å². The summed E-state index contributed by atoms with van der Waals surface area (Å²) in [5, 5.41) is 9.00. The predicted molar refractivity (Wildman–Crippen MR) is 43.8 cm³/mol. The Balaban J connectivity index is 3.34. The first-order valence-electron chi connectivity index (χ1n) is 2.51. The Labute approximate surface area is 72.8 Å². The number of halogens is 2. The largest absolute Gasteiger partial charge is 0.192 e. The van der Waals surface area contributed by atoms with Crippen LogP contribution in [0.2, 0.25) is 9.36 Å². The van der Waals surface area contributed by atoms with E-state index in [9.17, 15) is 0 Å². The van der Waals surface area contributed by atoms with Crippen LogP contribution in [0.1, 0.15) is 10.4 Å². The average Bonchev–Trinajstić information content (AvgIpc) is 2.17. The van der Waals surface area contributed by atoms with Crippen molar-refractivity contribution in [3.05, 3.63) is 19.8 Å². The molecule has 0 spiro atoms. The fourth-order valence-corrected chi connectivity index (χ4v) is 1.93. The summed E-state index contributed by atoms with van der Waals surface area (Å²) < 4.78 is 0.496. The van der Waals surface area contributed by atoms with E-state index in [-0.39, 0.29) is 0 Å². The maximum atomic E-state index is 8.50. The Morgan fingerprint density at radius 2 is 2.10 bits per heavy atom. The van der Waals surface area contributed by atoms with Crippen LogP contribution in [0.25, 0.3) is 0 Å². The first kappa shape index (κ1) is 7.87. The molecule has 0 atom stereocenters. The monoisotopic (exact) mass is 191 g/mol. The summed E-state index contributed by atoms with van der Waals surface area (Å²) in [5.41, 5.74) is 0.777. The summed E-state index contributed by atoms with van der Waals surface area (Å²) >= 11 is 12.6. The smallest absolute Gasteiger partial charge is 0.113 e. The lowest BCUT2D eigenvalue weighted by atomic mass is 10.3. The van der Waals surface area contributed by atoms with Crippen molar-refractivity contribution in [3.8, 4) is 6.07 Å². The second-order valence-corrected chi connectivity index (χ2v) is 3.76. The van der Waals surface area contributed by atoms with E-state index in [0.717, 1.165) is 5.56 Å². The summed E-state index contributed by atoms with van der Waals surface area (Å²) in [7, 11) is 0. The van der Waals surface area contributed by atoms with Crippen LogP contribution in [-0.2, 0) is 0 Å². The Morgan fingerprint density at radius 3 is 2.30 bits per heavy atom. The van der Waals surface area contributed by atoms with Gasteiger partial charge in [-0.05, 0) is 12.5 Å². The lowest BCUT2D eigenvalue weighted by Gasteiger charge is -1.83. The third-order valence-corrected chi connectivity index (χ3v) is 3.22. The first-order valence-corrected chi connectivity index (χ1v) is 4.08. The molecule has 0 bridgehead atoms. The van der Waals surface area contributed by atoms with Gasteiger partial charge in [-0.2, -0.15) is 5.26 Å². The Morgan fingerprint density at radius 1 is 1.50 bits per heavy atom. The third kappa shape index (κ3) is 1.13. The second-order valence-electron chi connectivity index (χ2n) is 1.76. The molecule has 10 heavy (non-hydrogen) atoms. The minimum Gasteiger partial charge on any atom is -0.192 e. The fraction of sp³-hybridized carbons (Fsp3) is 0.167. The molecule has 0 aliphatic carbocycles. The van der Waals surface area contributed by atoms with Crippen molar-refractivity contribution in [1.82, 2.24) is 0 Å². The number of thiophene rings is 1. The van der Waals surface area contributed by atoms with Crippen molar-refractivity contribution in [2.75, 3.05) is 0 Å². The van der Waals surface area contributed by atoms with E-state index in [1.165, 1.54) is 11.3 Å². The molecule has 0 aliphatic heterocycles. The zero-order valence-corrected chi connectivity index (χ0v) is 7.44. The van der Waals surface area contributed by atoms with Gasteiger partial charge in [-0.3, -0.25) is 0 Å². The number of nitrogens with zero attached hydrogens (tertiary/aromatic N) is 1. The molecule has 0 unspecified atom stereocenters. The molecule has 52 valence electrons. The zero-order chi connectivity index (χ0) is 7.72. The molecule has 0 amide bonds. The molecule has 0 N–H and O–H groups in total. The third-order valence-electron chi connectivity index (χ3n) is 1.14. The van der Waals surface area contributed by atoms with Crippen LogP contribution in [0.3, 0.4) is 0 Å². The highest BCUT2D eigenvalue weighted by Gasteiger charge is 2.09. The Kier molecular flexibility index (Phi) is 2.20. The summed E-state index contributed by atoms with van der Waals surface area (Å²) in [6.45, 7) is 1.78. The summed E-state index contributed by atoms with van der Waals surface area (Å²) in [6, 6.07) is 2.01. The molecule has 1 heterocycles. The van der Waals surface area contributed by atoms with E-state index >= 15 is 0 Å². The van der Waals surface area contributed by atoms with Crippen molar-refractivity contribution < 1.29 is 0 Å². The lowest BCUT2D eigenvalue weighted by molar-refractivity contribution is 1.47. The number of nitriles is 1.